The number of halogens is 1. The first kappa shape index (κ1) is 17.8. The van der Waals surface area contributed by atoms with Gasteiger partial charge in [0.05, 0.1) is 36.0 Å². The minimum atomic E-state index is -0.849. The van der Waals surface area contributed by atoms with E-state index in [9.17, 15) is 9.90 Å². The first-order valence-electron chi connectivity index (χ1n) is 9.41. The second kappa shape index (κ2) is 7.22. The Morgan fingerprint density at radius 3 is 2.81 bits per heavy atom. The molecule has 1 amide bonds. The molecule has 0 bridgehead atoms. The Labute approximate surface area is 158 Å². The number of anilines is 1. The summed E-state index contributed by atoms with van der Waals surface area (Å²) >= 11 is 6.41. The van der Waals surface area contributed by atoms with Crippen LogP contribution in [-0.4, -0.2) is 34.4 Å². The highest BCUT2D eigenvalue weighted by atomic mass is 35.5. The molecule has 0 atom stereocenters. The SMILES string of the molecule is O=C(CCC1CCCC1)Nc1cn(CC2(O)COC2)c2cccc(Cl)c12. The van der Waals surface area contributed by atoms with Gasteiger partial charge in [0.15, 0.2) is 0 Å². The van der Waals surface area contributed by atoms with Crippen molar-refractivity contribution < 1.29 is 14.6 Å². The van der Waals surface area contributed by atoms with E-state index in [-0.39, 0.29) is 5.91 Å². The number of amides is 1. The van der Waals surface area contributed by atoms with E-state index in [2.05, 4.69) is 5.32 Å². The van der Waals surface area contributed by atoms with Gasteiger partial charge in [-0.1, -0.05) is 43.4 Å². The molecule has 140 valence electrons. The Hall–Kier alpha value is -1.56. The van der Waals surface area contributed by atoms with Crippen LogP contribution in [0.5, 0.6) is 0 Å². The number of benzene rings is 1. The molecule has 1 aromatic carbocycles. The normalized spacial score (nSPS) is 19.6. The number of ether oxygens (including phenoxy) is 1. The van der Waals surface area contributed by atoms with Crippen molar-refractivity contribution in [1.82, 2.24) is 4.57 Å². The number of carbonyl (C=O) groups excluding carboxylic acids is 1. The quantitative estimate of drug-likeness (QED) is 0.801. The molecule has 1 saturated carbocycles. The molecule has 2 heterocycles. The number of hydrogen-bond acceptors (Lipinski definition) is 3. The summed E-state index contributed by atoms with van der Waals surface area (Å²) in [7, 11) is 0. The summed E-state index contributed by atoms with van der Waals surface area (Å²) in [5.41, 5.74) is 0.771. The second-order valence-electron chi connectivity index (χ2n) is 7.76. The molecule has 6 heteroatoms. The van der Waals surface area contributed by atoms with Crippen molar-refractivity contribution in [2.45, 2.75) is 50.7 Å². The maximum atomic E-state index is 12.5. The van der Waals surface area contributed by atoms with Crippen LogP contribution in [0.1, 0.15) is 38.5 Å². The number of nitrogens with one attached hydrogen (secondary N) is 1. The van der Waals surface area contributed by atoms with Gasteiger partial charge in [0.1, 0.15) is 5.60 Å². The number of hydrogen-bond donors (Lipinski definition) is 2. The molecule has 1 saturated heterocycles. The predicted octanol–water partition coefficient (Wildman–Crippen LogP) is 3.96. The largest absolute Gasteiger partial charge is 0.383 e. The molecular formula is C20H25ClN2O3. The highest BCUT2D eigenvalue weighted by Crippen LogP contribution is 2.34. The number of fused-ring (bicyclic) bond motifs is 1. The average molecular weight is 377 g/mol. The molecule has 2 aromatic rings. The van der Waals surface area contributed by atoms with Crippen LogP contribution in [0.2, 0.25) is 5.02 Å². The highest BCUT2D eigenvalue weighted by molar-refractivity contribution is 6.36. The molecule has 0 spiro atoms. The van der Waals surface area contributed by atoms with Crippen LogP contribution in [-0.2, 0) is 16.1 Å². The lowest BCUT2D eigenvalue weighted by Crippen LogP contribution is -2.52. The van der Waals surface area contributed by atoms with E-state index in [1.807, 2.05) is 29.0 Å². The summed E-state index contributed by atoms with van der Waals surface area (Å²) < 4.78 is 7.09. The van der Waals surface area contributed by atoms with Crippen molar-refractivity contribution in [2.75, 3.05) is 18.5 Å². The molecule has 1 aliphatic carbocycles. The van der Waals surface area contributed by atoms with Crippen molar-refractivity contribution in [1.29, 1.82) is 0 Å². The van der Waals surface area contributed by atoms with Crippen molar-refractivity contribution in [3.63, 3.8) is 0 Å². The van der Waals surface area contributed by atoms with E-state index in [1.165, 1.54) is 25.7 Å². The van der Waals surface area contributed by atoms with Gasteiger partial charge in [-0.25, -0.2) is 0 Å². The molecule has 2 aliphatic rings. The zero-order valence-electron chi connectivity index (χ0n) is 14.8. The lowest BCUT2D eigenvalue weighted by atomic mass is 10.0. The third kappa shape index (κ3) is 3.61. The van der Waals surface area contributed by atoms with Gasteiger partial charge in [-0.15, -0.1) is 0 Å². The standard InChI is InChI=1S/C20H25ClN2O3/c21-15-6-3-7-17-19(15)16(10-23(17)11-20(25)12-26-13-20)22-18(24)9-8-14-4-1-2-5-14/h3,6-7,10,14,25H,1-2,4-5,8-9,11-13H2,(H,22,24). The van der Waals surface area contributed by atoms with E-state index < -0.39 is 5.60 Å². The first-order chi connectivity index (χ1) is 12.5. The topological polar surface area (TPSA) is 63.5 Å². The molecular weight excluding hydrogens is 352 g/mol. The van der Waals surface area contributed by atoms with Crippen LogP contribution in [0.4, 0.5) is 5.69 Å². The van der Waals surface area contributed by atoms with Gasteiger partial charge in [0.2, 0.25) is 5.91 Å². The summed E-state index contributed by atoms with van der Waals surface area (Å²) in [6.07, 6.45) is 8.46. The maximum Gasteiger partial charge on any atom is 0.224 e. The van der Waals surface area contributed by atoms with Crippen LogP contribution < -0.4 is 5.32 Å². The van der Waals surface area contributed by atoms with Crippen LogP contribution in [0.3, 0.4) is 0 Å². The zero-order chi connectivity index (χ0) is 18.1. The minimum absolute atomic E-state index is 0.0292. The second-order valence-corrected chi connectivity index (χ2v) is 8.17. The first-order valence-corrected chi connectivity index (χ1v) is 9.79. The van der Waals surface area contributed by atoms with Gasteiger partial charge < -0.3 is 19.7 Å². The Morgan fingerprint density at radius 2 is 2.12 bits per heavy atom. The fourth-order valence-corrected chi connectivity index (χ4v) is 4.40. The van der Waals surface area contributed by atoms with Crippen LogP contribution in [0.25, 0.3) is 10.9 Å². The predicted molar refractivity (Wildman–Crippen MR) is 103 cm³/mol. The average Bonchev–Trinajstić information content (AvgIpc) is 3.21. The molecule has 2 fully saturated rings. The number of carbonyl (C=O) groups is 1. The van der Waals surface area contributed by atoms with E-state index in [0.29, 0.717) is 42.8 Å². The van der Waals surface area contributed by atoms with Crippen LogP contribution in [0, 0.1) is 5.92 Å². The highest BCUT2D eigenvalue weighted by Gasteiger charge is 2.37. The number of aliphatic hydroxyl groups is 1. The van der Waals surface area contributed by atoms with Crippen molar-refractivity contribution >= 4 is 34.1 Å². The van der Waals surface area contributed by atoms with E-state index >= 15 is 0 Å². The van der Waals surface area contributed by atoms with Crippen molar-refractivity contribution in [3.8, 4) is 0 Å². The maximum absolute atomic E-state index is 12.5. The van der Waals surface area contributed by atoms with Gasteiger partial charge >= 0.3 is 0 Å². The molecule has 1 aromatic heterocycles. The summed E-state index contributed by atoms with van der Waals surface area (Å²) in [6, 6.07) is 5.66. The zero-order valence-corrected chi connectivity index (χ0v) is 15.6. The third-order valence-electron chi connectivity index (χ3n) is 5.59. The molecule has 2 N–H and O–H groups in total. The van der Waals surface area contributed by atoms with Gasteiger partial charge in [-0.05, 0) is 24.5 Å². The van der Waals surface area contributed by atoms with E-state index in [4.69, 9.17) is 16.3 Å². The lowest BCUT2D eigenvalue weighted by Gasteiger charge is -2.36. The fraction of sp³-hybridized carbons (Fsp3) is 0.550. The molecule has 5 nitrogen and oxygen atoms in total. The number of rotatable bonds is 6. The third-order valence-corrected chi connectivity index (χ3v) is 5.90. The molecule has 0 radical (unpaired) electrons. The van der Waals surface area contributed by atoms with Gasteiger partial charge in [-0.3, -0.25) is 4.79 Å². The van der Waals surface area contributed by atoms with Gasteiger partial charge in [0, 0.05) is 18.0 Å². The molecule has 0 unspecified atom stereocenters. The Bertz CT molecular complexity index is 807. The Kier molecular flexibility index (Phi) is 4.95. The molecule has 26 heavy (non-hydrogen) atoms. The van der Waals surface area contributed by atoms with Crippen molar-refractivity contribution in [3.05, 3.63) is 29.4 Å². The van der Waals surface area contributed by atoms with E-state index in [1.54, 1.807) is 0 Å². The number of aromatic nitrogens is 1. The van der Waals surface area contributed by atoms with Gasteiger partial charge in [0.25, 0.3) is 0 Å². The Balaban J connectivity index is 1.52. The Morgan fingerprint density at radius 1 is 1.35 bits per heavy atom. The summed E-state index contributed by atoms with van der Waals surface area (Å²) in [6.45, 7) is 1.08. The van der Waals surface area contributed by atoms with Crippen LogP contribution in [0.15, 0.2) is 24.4 Å². The fourth-order valence-electron chi connectivity index (χ4n) is 4.13. The smallest absolute Gasteiger partial charge is 0.224 e. The number of nitrogens with zero attached hydrogens (tertiary/aromatic N) is 1. The van der Waals surface area contributed by atoms with Crippen LogP contribution >= 0.6 is 11.6 Å². The molecule has 1 aliphatic heterocycles. The summed E-state index contributed by atoms with van der Waals surface area (Å²) in [5.74, 6) is 0.722. The summed E-state index contributed by atoms with van der Waals surface area (Å²) in [4.78, 5) is 12.5. The van der Waals surface area contributed by atoms with Crippen molar-refractivity contribution in [2.24, 2.45) is 5.92 Å². The van der Waals surface area contributed by atoms with Gasteiger partial charge in [-0.2, -0.15) is 0 Å². The lowest BCUT2D eigenvalue weighted by molar-refractivity contribution is -0.184. The summed E-state index contributed by atoms with van der Waals surface area (Å²) in [5, 5.41) is 14.9. The molecule has 4 rings (SSSR count). The minimum Gasteiger partial charge on any atom is -0.383 e. The monoisotopic (exact) mass is 376 g/mol. The van der Waals surface area contributed by atoms with E-state index in [0.717, 1.165) is 17.3 Å².